The number of aliphatic imine (C=N–C) groups is 1. The Labute approximate surface area is 168 Å². The summed E-state index contributed by atoms with van der Waals surface area (Å²) < 4.78 is 5.51. The molecule has 148 valence electrons. The Balaban J connectivity index is 1.39. The molecule has 1 unspecified atom stereocenters. The molecular weight excluding hydrogens is 348 g/mol. The summed E-state index contributed by atoms with van der Waals surface area (Å²) in [4.78, 5) is 9.36. The number of rotatable bonds is 4. The zero-order valence-electron chi connectivity index (χ0n) is 16.7. The van der Waals surface area contributed by atoms with Gasteiger partial charge in [0.05, 0.1) is 13.2 Å². The summed E-state index contributed by atoms with van der Waals surface area (Å²) in [6.07, 6.45) is 1.18. The number of hydrogen-bond acceptors (Lipinski definition) is 3. The molecule has 0 amide bonds. The standard InChI is InChI=1S/C23H30N4O/c1-24-23(27-12-11-21(18-27)19-7-3-2-4-8-19)25-17-20-9-5-6-10-22(20)26-13-15-28-16-14-26/h2-10,21H,11-18H2,1H3,(H,24,25). The Bertz CT molecular complexity index is 786. The summed E-state index contributed by atoms with van der Waals surface area (Å²) in [5.41, 5.74) is 4.04. The molecular formula is C23H30N4O. The number of hydrogen-bond donors (Lipinski definition) is 1. The van der Waals surface area contributed by atoms with Gasteiger partial charge in [-0.15, -0.1) is 0 Å². The molecule has 0 aliphatic carbocycles. The van der Waals surface area contributed by atoms with E-state index in [-0.39, 0.29) is 0 Å². The zero-order valence-corrected chi connectivity index (χ0v) is 16.7. The van der Waals surface area contributed by atoms with Crippen LogP contribution in [0.25, 0.3) is 0 Å². The van der Waals surface area contributed by atoms with Crippen molar-refractivity contribution >= 4 is 11.6 Å². The number of anilines is 1. The zero-order chi connectivity index (χ0) is 19.2. The molecule has 4 rings (SSSR count). The van der Waals surface area contributed by atoms with Crippen LogP contribution in [0.5, 0.6) is 0 Å². The predicted octanol–water partition coefficient (Wildman–Crippen LogP) is 3.09. The van der Waals surface area contributed by atoms with E-state index >= 15 is 0 Å². The monoisotopic (exact) mass is 378 g/mol. The lowest BCUT2D eigenvalue weighted by Crippen LogP contribution is -2.40. The van der Waals surface area contributed by atoms with Gasteiger partial charge in [-0.3, -0.25) is 4.99 Å². The second-order valence-corrected chi connectivity index (χ2v) is 7.47. The highest BCUT2D eigenvalue weighted by Gasteiger charge is 2.26. The van der Waals surface area contributed by atoms with Crippen molar-refractivity contribution in [1.82, 2.24) is 10.2 Å². The van der Waals surface area contributed by atoms with Crippen molar-refractivity contribution in [3.8, 4) is 0 Å². The minimum absolute atomic E-state index is 0.584. The van der Waals surface area contributed by atoms with Gasteiger partial charge in [-0.2, -0.15) is 0 Å². The van der Waals surface area contributed by atoms with E-state index in [1.54, 1.807) is 0 Å². The number of benzene rings is 2. The third kappa shape index (κ3) is 4.30. The van der Waals surface area contributed by atoms with Gasteiger partial charge in [0.1, 0.15) is 0 Å². The van der Waals surface area contributed by atoms with Gasteiger partial charge in [-0.05, 0) is 23.6 Å². The summed E-state index contributed by atoms with van der Waals surface area (Å²) in [6, 6.07) is 19.5. The molecule has 28 heavy (non-hydrogen) atoms. The van der Waals surface area contributed by atoms with Crippen molar-refractivity contribution in [3.63, 3.8) is 0 Å². The van der Waals surface area contributed by atoms with Gasteiger partial charge < -0.3 is 19.9 Å². The van der Waals surface area contributed by atoms with E-state index in [2.05, 4.69) is 74.7 Å². The largest absolute Gasteiger partial charge is 0.378 e. The maximum atomic E-state index is 5.51. The molecule has 2 heterocycles. The second-order valence-electron chi connectivity index (χ2n) is 7.47. The molecule has 0 radical (unpaired) electrons. The van der Waals surface area contributed by atoms with Gasteiger partial charge >= 0.3 is 0 Å². The summed E-state index contributed by atoms with van der Waals surface area (Å²) in [6.45, 7) is 6.37. The fourth-order valence-electron chi connectivity index (χ4n) is 4.23. The molecule has 2 aromatic carbocycles. The third-order valence-corrected chi connectivity index (χ3v) is 5.75. The highest BCUT2D eigenvalue weighted by atomic mass is 16.5. The average molecular weight is 379 g/mol. The lowest BCUT2D eigenvalue weighted by molar-refractivity contribution is 0.122. The maximum Gasteiger partial charge on any atom is 0.193 e. The van der Waals surface area contributed by atoms with Crippen LogP contribution < -0.4 is 10.2 Å². The third-order valence-electron chi connectivity index (χ3n) is 5.75. The van der Waals surface area contributed by atoms with Crippen LogP contribution in [0.3, 0.4) is 0 Å². The molecule has 5 nitrogen and oxygen atoms in total. The maximum absolute atomic E-state index is 5.51. The Morgan fingerprint density at radius 1 is 1.04 bits per heavy atom. The molecule has 1 atom stereocenters. The normalized spacial score (nSPS) is 20.5. The molecule has 2 saturated heterocycles. The number of nitrogens with zero attached hydrogens (tertiary/aromatic N) is 3. The number of nitrogens with one attached hydrogen (secondary N) is 1. The summed E-state index contributed by atoms with van der Waals surface area (Å²) in [5.74, 6) is 1.58. The first-order valence-corrected chi connectivity index (χ1v) is 10.3. The van der Waals surface area contributed by atoms with Crippen LogP contribution in [0.15, 0.2) is 59.6 Å². The molecule has 2 aliphatic heterocycles. The van der Waals surface area contributed by atoms with Gasteiger partial charge in [-0.25, -0.2) is 0 Å². The molecule has 1 N–H and O–H groups in total. The van der Waals surface area contributed by atoms with Gasteiger partial charge in [0, 0.05) is 51.4 Å². The van der Waals surface area contributed by atoms with Crippen molar-refractivity contribution in [1.29, 1.82) is 0 Å². The van der Waals surface area contributed by atoms with Crippen LogP contribution in [0, 0.1) is 0 Å². The molecule has 5 heteroatoms. The second kappa shape index (κ2) is 9.11. The topological polar surface area (TPSA) is 40.1 Å². The average Bonchev–Trinajstić information content (AvgIpc) is 3.26. The van der Waals surface area contributed by atoms with Crippen LogP contribution in [-0.2, 0) is 11.3 Å². The molecule has 0 spiro atoms. The Morgan fingerprint density at radius 3 is 2.57 bits per heavy atom. The quantitative estimate of drug-likeness (QED) is 0.656. The Hall–Kier alpha value is -2.53. The fourth-order valence-corrected chi connectivity index (χ4v) is 4.23. The first-order valence-electron chi connectivity index (χ1n) is 10.3. The van der Waals surface area contributed by atoms with E-state index in [0.29, 0.717) is 5.92 Å². The van der Waals surface area contributed by atoms with Crippen molar-refractivity contribution in [3.05, 3.63) is 65.7 Å². The van der Waals surface area contributed by atoms with Crippen molar-refractivity contribution in [2.75, 3.05) is 51.3 Å². The Kier molecular flexibility index (Phi) is 6.12. The number of likely N-dealkylation sites (tertiary alicyclic amines) is 1. The number of guanidine groups is 1. The van der Waals surface area contributed by atoms with Crippen molar-refractivity contribution in [2.45, 2.75) is 18.9 Å². The molecule has 0 saturated carbocycles. The molecule has 2 aliphatic rings. The van der Waals surface area contributed by atoms with Crippen LogP contribution in [0.2, 0.25) is 0 Å². The minimum atomic E-state index is 0.584. The van der Waals surface area contributed by atoms with Gasteiger partial charge in [0.25, 0.3) is 0 Å². The Morgan fingerprint density at radius 2 is 1.79 bits per heavy atom. The minimum Gasteiger partial charge on any atom is -0.378 e. The molecule has 0 bridgehead atoms. The predicted molar refractivity (Wildman–Crippen MR) is 115 cm³/mol. The smallest absolute Gasteiger partial charge is 0.193 e. The summed E-state index contributed by atoms with van der Waals surface area (Å²) in [7, 11) is 1.88. The summed E-state index contributed by atoms with van der Waals surface area (Å²) in [5, 5.41) is 3.60. The number of ether oxygens (including phenoxy) is 1. The fraction of sp³-hybridized carbons (Fsp3) is 0.435. The van der Waals surface area contributed by atoms with Crippen molar-refractivity contribution in [2.24, 2.45) is 4.99 Å². The van der Waals surface area contributed by atoms with E-state index in [1.807, 2.05) is 7.05 Å². The van der Waals surface area contributed by atoms with E-state index < -0.39 is 0 Å². The highest BCUT2D eigenvalue weighted by Crippen LogP contribution is 2.27. The molecule has 2 fully saturated rings. The lowest BCUT2D eigenvalue weighted by atomic mass is 9.99. The highest BCUT2D eigenvalue weighted by molar-refractivity contribution is 5.80. The van der Waals surface area contributed by atoms with E-state index in [1.165, 1.54) is 23.2 Å². The number of morpholine rings is 1. The van der Waals surface area contributed by atoms with E-state index in [9.17, 15) is 0 Å². The van der Waals surface area contributed by atoms with Crippen LogP contribution >= 0.6 is 0 Å². The summed E-state index contributed by atoms with van der Waals surface area (Å²) >= 11 is 0. The van der Waals surface area contributed by atoms with E-state index in [4.69, 9.17) is 4.74 Å². The number of para-hydroxylation sites is 1. The SMILES string of the molecule is CN=C(NCc1ccccc1N1CCOCC1)N1CCC(c2ccccc2)C1. The molecule has 2 aromatic rings. The van der Waals surface area contributed by atoms with Crippen molar-refractivity contribution < 1.29 is 4.74 Å². The first kappa shape index (κ1) is 18.8. The van der Waals surface area contributed by atoms with Gasteiger partial charge in [0.15, 0.2) is 5.96 Å². The van der Waals surface area contributed by atoms with Gasteiger partial charge in [0.2, 0.25) is 0 Å². The van der Waals surface area contributed by atoms with Crippen LogP contribution in [-0.4, -0.2) is 57.3 Å². The van der Waals surface area contributed by atoms with Crippen LogP contribution in [0.4, 0.5) is 5.69 Å². The molecule has 0 aromatic heterocycles. The first-order chi connectivity index (χ1) is 13.8. The van der Waals surface area contributed by atoms with E-state index in [0.717, 1.165) is 51.9 Å². The van der Waals surface area contributed by atoms with Gasteiger partial charge in [-0.1, -0.05) is 48.5 Å². The van der Waals surface area contributed by atoms with Crippen LogP contribution in [0.1, 0.15) is 23.5 Å². The lowest BCUT2D eigenvalue weighted by Gasteiger charge is -2.31.